The SMILES string of the molecule is COC(OC)c1ccccc1C(=O)C1CC2CCCC(C1)N2C(=O)OCC1c2ccccc2-c2ccccc21. The van der Waals surface area contributed by atoms with E-state index in [-0.39, 0.29) is 35.8 Å². The zero-order valence-electron chi connectivity index (χ0n) is 22.5. The second-order valence-electron chi connectivity index (χ2n) is 10.9. The van der Waals surface area contributed by atoms with Crippen molar-refractivity contribution in [3.8, 4) is 11.1 Å². The lowest BCUT2D eigenvalue weighted by Crippen LogP contribution is -2.56. The number of Topliss-reactive ketones (excluding diaryl/α,β-unsaturated/α-hetero) is 1. The van der Waals surface area contributed by atoms with Gasteiger partial charge in [-0.1, -0.05) is 72.8 Å². The van der Waals surface area contributed by atoms with Gasteiger partial charge in [-0.15, -0.1) is 0 Å². The molecule has 2 aliphatic heterocycles. The Hall–Kier alpha value is -3.48. The van der Waals surface area contributed by atoms with E-state index in [1.54, 1.807) is 14.2 Å². The lowest BCUT2D eigenvalue weighted by atomic mass is 9.75. The first kappa shape index (κ1) is 25.8. The van der Waals surface area contributed by atoms with Gasteiger partial charge in [-0.2, -0.15) is 0 Å². The second-order valence-corrected chi connectivity index (χ2v) is 10.9. The molecule has 6 heteroatoms. The number of amides is 1. The number of hydrogen-bond donors (Lipinski definition) is 0. The largest absolute Gasteiger partial charge is 0.448 e. The Morgan fingerprint density at radius 2 is 1.38 bits per heavy atom. The van der Waals surface area contributed by atoms with Crippen LogP contribution in [0.2, 0.25) is 0 Å². The van der Waals surface area contributed by atoms with Crippen LogP contribution in [0.15, 0.2) is 72.8 Å². The van der Waals surface area contributed by atoms with Gasteiger partial charge in [0.05, 0.1) is 0 Å². The predicted octanol–water partition coefficient (Wildman–Crippen LogP) is 6.74. The summed E-state index contributed by atoms with van der Waals surface area (Å²) in [6.45, 7) is 0.313. The number of piperidine rings is 2. The van der Waals surface area contributed by atoms with Crippen molar-refractivity contribution in [2.75, 3.05) is 20.8 Å². The summed E-state index contributed by atoms with van der Waals surface area (Å²) in [5.41, 5.74) is 6.24. The first-order chi connectivity index (χ1) is 19.1. The minimum absolute atomic E-state index is 0.00918. The molecular weight excluding hydrogens is 490 g/mol. The van der Waals surface area contributed by atoms with Crippen LogP contribution in [0.1, 0.15) is 71.4 Å². The molecule has 2 fully saturated rings. The highest BCUT2D eigenvalue weighted by atomic mass is 16.7. The Balaban J connectivity index is 1.17. The molecule has 0 saturated carbocycles. The molecule has 0 N–H and O–H groups in total. The van der Waals surface area contributed by atoms with Gasteiger partial charge in [0.2, 0.25) is 0 Å². The van der Waals surface area contributed by atoms with E-state index in [0.29, 0.717) is 25.0 Å². The fourth-order valence-electron chi connectivity index (χ4n) is 7.06. The molecule has 202 valence electrons. The lowest BCUT2D eigenvalue weighted by molar-refractivity contribution is -0.106. The van der Waals surface area contributed by atoms with E-state index in [4.69, 9.17) is 14.2 Å². The molecule has 2 atom stereocenters. The number of methoxy groups -OCH3 is 2. The van der Waals surface area contributed by atoms with Crippen LogP contribution >= 0.6 is 0 Å². The zero-order chi connectivity index (χ0) is 26.9. The number of rotatable bonds is 7. The van der Waals surface area contributed by atoms with E-state index < -0.39 is 6.29 Å². The maximum atomic E-state index is 13.8. The van der Waals surface area contributed by atoms with Crippen LogP contribution in [0.3, 0.4) is 0 Å². The fraction of sp³-hybridized carbons (Fsp3) is 0.394. The van der Waals surface area contributed by atoms with Gasteiger partial charge in [-0.25, -0.2) is 4.79 Å². The van der Waals surface area contributed by atoms with E-state index in [1.165, 1.54) is 22.3 Å². The van der Waals surface area contributed by atoms with Crippen LogP contribution in [0, 0.1) is 5.92 Å². The van der Waals surface area contributed by atoms with Gasteiger partial charge in [0.1, 0.15) is 6.61 Å². The molecule has 2 bridgehead atoms. The topological polar surface area (TPSA) is 65.1 Å². The van der Waals surface area contributed by atoms with E-state index in [2.05, 4.69) is 36.4 Å². The van der Waals surface area contributed by atoms with Gasteiger partial charge in [-0.3, -0.25) is 4.79 Å². The summed E-state index contributed by atoms with van der Waals surface area (Å²) < 4.78 is 17.0. The minimum atomic E-state index is -0.592. The smallest absolute Gasteiger partial charge is 0.410 e. The van der Waals surface area contributed by atoms with Crippen molar-refractivity contribution >= 4 is 11.9 Å². The number of carbonyl (C=O) groups is 2. The lowest BCUT2D eigenvalue weighted by Gasteiger charge is -2.47. The number of benzene rings is 3. The maximum Gasteiger partial charge on any atom is 0.410 e. The Kier molecular flexibility index (Phi) is 7.24. The fourth-order valence-corrected chi connectivity index (χ4v) is 7.06. The Morgan fingerprint density at radius 3 is 2.00 bits per heavy atom. The maximum absolute atomic E-state index is 13.8. The molecule has 3 aromatic rings. The molecule has 0 spiro atoms. The number of carbonyl (C=O) groups excluding carboxylic acids is 2. The molecule has 39 heavy (non-hydrogen) atoms. The van der Waals surface area contributed by atoms with E-state index in [9.17, 15) is 9.59 Å². The van der Waals surface area contributed by atoms with E-state index >= 15 is 0 Å². The average Bonchev–Trinajstić information content (AvgIpc) is 3.29. The second kappa shape index (κ2) is 10.9. The Labute approximate surface area is 229 Å². The molecule has 1 amide bonds. The molecular formula is C33H35NO5. The van der Waals surface area contributed by atoms with Crippen LogP contribution in [-0.4, -0.2) is 49.7 Å². The summed E-state index contributed by atoms with van der Waals surface area (Å²) in [6, 6.07) is 24.3. The molecule has 2 heterocycles. The molecule has 6 nitrogen and oxygen atoms in total. The van der Waals surface area contributed by atoms with Gasteiger partial charge in [0, 0.05) is 49.3 Å². The van der Waals surface area contributed by atoms with Gasteiger partial charge in [-0.05, 0) is 54.4 Å². The van der Waals surface area contributed by atoms with Crippen molar-refractivity contribution in [1.29, 1.82) is 0 Å². The first-order valence-electron chi connectivity index (χ1n) is 13.9. The Morgan fingerprint density at radius 1 is 0.821 bits per heavy atom. The number of ketones is 1. The van der Waals surface area contributed by atoms with Crippen LogP contribution < -0.4 is 0 Å². The third-order valence-corrected chi connectivity index (χ3v) is 8.80. The van der Waals surface area contributed by atoms with Gasteiger partial charge < -0.3 is 19.1 Å². The van der Waals surface area contributed by atoms with Crippen LogP contribution in [-0.2, 0) is 14.2 Å². The summed E-state index contributed by atoms with van der Waals surface area (Å²) in [7, 11) is 3.15. The van der Waals surface area contributed by atoms with Crippen LogP contribution in [0.5, 0.6) is 0 Å². The summed E-state index contributed by atoms with van der Waals surface area (Å²) in [6.07, 6.45) is 3.31. The molecule has 2 saturated heterocycles. The van der Waals surface area contributed by atoms with Crippen LogP contribution in [0.4, 0.5) is 4.79 Å². The van der Waals surface area contributed by atoms with Gasteiger partial charge in [0.15, 0.2) is 12.1 Å². The third kappa shape index (κ3) is 4.66. The third-order valence-electron chi connectivity index (χ3n) is 8.80. The minimum Gasteiger partial charge on any atom is -0.448 e. The normalized spacial score (nSPS) is 21.9. The predicted molar refractivity (Wildman–Crippen MR) is 149 cm³/mol. The van der Waals surface area contributed by atoms with Gasteiger partial charge in [0.25, 0.3) is 0 Å². The summed E-state index contributed by atoms with van der Waals surface area (Å²) in [4.78, 5) is 29.2. The van der Waals surface area contributed by atoms with Crippen molar-refractivity contribution in [2.24, 2.45) is 5.92 Å². The first-order valence-corrected chi connectivity index (χ1v) is 13.9. The quantitative estimate of drug-likeness (QED) is 0.252. The van der Waals surface area contributed by atoms with Crippen molar-refractivity contribution < 1.29 is 23.8 Å². The highest BCUT2D eigenvalue weighted by Crippen LogP contribution is 2.45. The standard InChI is InChI=1S/C33H35NO5/c1-37-32(38-2)29-17-8-7-16-28(29)31(35)21-18-22-10-9-11-23(19-21)34(22)33(36)39-20-30-26-14-5-3-12-24(26)25-13-4-6-15-27(25)30/h3-8,12-17,21-23,30,32H,9-11,18-20H2,1-2H3. The monoisotopic (exact) mass is 525 g/mol. The molecule has 2 unspecified atom stereocenters. The van der Waals surface area contributed by atoms with Crippen molar-refractivity contribution in [3.63, 3.8) is 0 Å². The average molecular weight is 526 g/mol. The molecule has 3 aromatic carbocycles. The van der Waals surface area contributed by atoms with E-state index in [0.717, 1.165) is 24.8 Å². The molecule has 1 aliphatic carbocycles. The molecule has 6 rings (SSSR count). The molecule has 0 radical (unpaired) electrons. The van der Waals surface area contributed by atoms with Crippen molar-refractivity contribution in [2.45, 2.75) is 56.4 Å². The number of ether oxygens (including phenoxy) is 3. The summed E-state index contributed by atoms with van der Waals surface area (Å²) in [5, 5.41) is 0. The Bertz CT molecular complexity index is 1310. The van der Waals surface area contributed by atoms with Crippen molar-refractivity contribution in [1.82, 2.24) is 4.90 Å². The number of hydrogen-bond acceptors (Lipinski definition) is 5. The number of fused-ring (bicyclic) bond motifs is 5. The zero-order valence-corrected chi connectivity index (χ0v) is 22.5. The summed E-state index contributed by atoms with van der Waals surface area (Å²) in [5.74, 6) is -0.00596. The van der Waals surface area contributed by atoms with E-state index in [1.807, 2.05) is 41.3 Å². The highest BCUT2D eigenvalue weighted by molar-refractivity contribution is 5.99. The van der Waals surface area contributed by atoms with Gasteiger partial charge >= 0.3 is 6.09 Å². The molecule has 3 aliphatic rings. The molecule has 0 aromatic heterocycles. The summed E-state index contributed by atoms with van der Waals surface area (Å²) >= 11 is 0. The highest BCUT2D eigenvalue weighted by Gasteiger charge is 2.44. The number of nitrogens with zero attached hydrogens (tertiary/aromatic N) is 1. The van der Waals surface area contributed by atoms with Crippen molar-refractivity contribution in [3.05, 3.63) is 95.1 Å². The van der Waals surface area contributed by atoms with Crippen LogP contribution in [0.25, 0.3) is 11.1 Å².